The zero-order valence-electron chi connectivity index (χ0n) is 16.0. The Labute approximate surface area is 169 Å². The first-order valence-electron chi connectivity index (χ1n) is 9.58. The summed E-state index contributed by atoms with van der Waals surface area (Å²) in [6, 6.07) is 16.0. The first-order valence-corrected chi connectivity index (χ1v) is 9.58. The summed E-state index contributed by atoms with van der Waals surface area (Å²) in [6.45, 7) is 0.999. The van der Waals surface area contributed by atoms with Crippen LogP contribution in [0.5, 0.6) is 5.75 Å². The number of para-hydroxylation sites is 1. The minimum absolute atomic E-state index is 0.0166. The monoisotopic (exact) mass is 396 g/mol. The largest absolute Gasteiger partial charge is 0.484 e. The van der Waals surface area contributed by atoms with Crippen LogP contribution in [0.15, 0.2) is 54.6 Å². The van der Waals surface area contributed by atoms with Gasteiger partial charge >= 0.3 is 5.97 Å². The van der Waals surface area contributed by atoms with Crippen LogP contribution in [-0.2, 0) is 20.8 Å². The maximum absolute atomic E-state index is 12.5. The quantitative estimate of drug-likeness (QED) is 0.750. The molecule has 1 aliphatic heterocycles. The van der Waals surface area contributed by atoms with Gasteiger partial charge < -0.3 is 20.1 Å². The van der Waals surface area contributed by atoms with E-state index in [-0.39, 0.29) is 30.8 Å². The Kier molecular flexibility index (Phi) is 6.84. The van der Waals surface area contributed by atoms with E-state index >= 15 is 0 Å². The highest BCUT2D eigenvalue weighted by atomic mass is 16.5. The molecule has 29 heavy (non-hydrogen) atoms. The van der Waals surface area contributed by atoms with Gasteiger partial charge in [0.2, 0.25) is 5.91 Å². The molecule has 7 heteroatoms. The third kappa shape index (κ3) is 6.07. The maximum atomic E-state index is 12.5. The number of benzene rings is 2. The third-order valence-corrected chi connectivity index (χ3v) is 4.87. The number of carboxylic acids is 1. The van der Waals surface area contributed by atoms with Crippen molar-refractivity contribution in [2.24, 2.45) is 5.92 Å². The first-order chi connectivity index (χ1) is 14.0. The summed E-state index contributed by atoms with van der Waals surface area (Å²) in [6.07, 6.45) is 1.07. The van der Waals surface area contributed by atoms with Gasteiger partial charge in [-0.15, -0.1) is 0 Å². The number of likely N-dealkylation sites (tertiary alicyclic amines) is 1. The molecule has 2 amide bonds. The van der Waals surface area contributed by atoms with Crippen molar-refractivity contribution in [2.45, 2.75) is 19.3 Å². The average Bonchev–Trinajstić information content (AvgIpc) is 2.72. The highest BCUT2D eigenvalue weighted by Crippen LogP contribution is 2.20. The molecule has 0 aliphatic carbocycles. The number of carboxylic acid groups (broad SMARTS) is 1. The molecular formula is C22H24N2O5. The van der Waals surface area contributed by atoms with Gasteiger partial charge in [0.05, 0.1) is 6.42 Å². The lowest BCUT2D eigenvalue weighted by molar-refractivity contribution is -0.136. The minimum Gasteiger partial charge on any atom is -0.484 e. The number of anilines is 1. The van der Waals surface area contributed by atoms with Gasteiger partial charge in [0, 0.05) is 24.7 Å². The van der Waals surface area contributed by atoms with Gasteiger partial charge in [-0.05, 0) is 42.7 Å². The summed E-state index contributed by atoms with van der Waals surface area (Å²) < 4.78 is 5.50. The van der Waals surface area contributed by atoms with Crippen molar-refractivity contribution in [2.75, 3.05) is 25.0 Å². The summed E-state index contributed by atoms with van der Waals surface area (Å²) >= 11 is 0. The zero-order valence-corrected chi connectivity index (χ0v) is 16.0. The molecule has 152 valence electrons. The molecule has 0 radical (unpaired) electrons. The molecule has 1 fully saturated rings. The van der Waals surface area contributed by atoms with E-state index in [1.165, 1.54) is 0 Å². The van der Waals surface area contributed by atoms with E-state index in [1.807, 2.05) is 18.2 Å². The van der Waals surface area contributed by atoms with Crippen LogP contribution < -0.4 is 10.1 Å². The van der Waals surface area contributed by atoms with Crippen molar-refractivity contribution < 1.29 is 24.2 Å². The number of rotatable bonds is 7. The molecule has 1 heterocycles. The number of nitrogens with zero attached hydrogens (tertiary/aromatic N) is 1. The number of aliphatic carboxylic acids is 1. The van der Waals surface area contributed by atoms with Gasteiger partial charge in [0.15, 0.2) is 6.61 Å². The van der Waals surface area contributed by atoms with Crippen molar-refractivity contribution in [3.8, 4) is 5.75 Å². The Hall–Kier alpha value is -3.35. The molecule has 0 unspecified atom stereocenters. The van der Waals surface area contributed by atoms with Crippen LogP contribution in [0.4, 0.5) is 5.69 Å². The molecular weight excluding hydrogens is 372 g/mol. The predicted octanol–water partition coefficient (Wildman–Crippen LogP) is 2.57. The second kappa shape index (κ2) is 9.73. The lowest BCUT2D eigenvalue weighted by atomic mass is 9.95. The molecule has 1 saturated heterocycles. The van der Waals surface area contributed by atoms with Crippen molar-refractivity contribution in [1.82, 2.24) is 4.90 Å². The first kappa shape index (κ1) is 20.4. The summed E-state index contributed by atoms with van der Waals surface area (Å²) in [5, 5.41) is 11.7. The van der Waals surface area contributed by atoms with Crippen LogP contribution in [-0.4, -0.2) is 47.5 Å². The number of piperidine rings is 1. The summed E-state index contributed by atoms with van der Waals surface area (Å²) in [4.78, 5) is 37.4. The highest BCUT2D eigenvalue weighted by molar-refractivity contribution is 5.93. The van der Waals surface area contributed by atoms with Gasteiger partial charge in [-0.2, -0.15) is 0 Å². The van der Waals surface area contributed by atoms with Crippen LogP contribution in [0.1, 0.15) is 18.4 Å². The molecule has 0 bridgehead atoms. The van der Waals surface area contributed by atoms with Gasteiger partial charge in [0.25, 0.3) is 5.91 Å². The molecule has 0 saturated carbocycles. The Morgan fingerprint density at radius 1 is 1.03 bits per heavy atom. The molecule has 1 aliphatic rings. The van der Waals surface area contributed by atoms with Crippen LogP contribution in [0.3, 0.4) is 0 Å². The van der Waals surface area contributed by atoms with Crippen LogP contribution in [0.2, 0.25) is 0 Å². The Balaban J connectivity index is 1.45. The van der Waals surface area contributed by atoms with Crippen LogP contribution >= 0.6 is 0 Å². The van der Waals surface area contributed by atoms with Gasteiger partial charge in [-0.1, -0.05) is 30.3 Å². The van der Waals surface area contributed by atoms with Crippen LogP contribution in [0, 0.1) is 5.92 Å². The second-order valence-electron chi connectivity index (χ2n) is 7.02. The molecule has 3 rings (SSSR count). The van der Waals surface area contributed by atoms with E-state index in [1.54, 1.807) is 41.3 Å². The zero-order chi connectivity index (χ0) is 20.6. The van der Waals surface area contributed by atoms with E-state index in [0.717, 1.165) is 0 Å². The highest BCUT2D eigenvalue weighted by Gasteiger charge is 2.27. The number of carbonyl (C=O) groups is 3. The SMILES string of the molecule is O=C(O)Cc1cccc(NC(=O)C2CCN(C(=O)COc3ccccc3)CC2)c1. The number of carbonyl (C=O) groups excluding carboxylic acids is 2. The predicted molar refractivity (Wildman–Crippen MR) is 108 cm³/mol. The summed E-state index contributed by atoms with van der Waals surface area (Å²) in [7, 11) is 0. The Bertz CT molecular complexity index is 861. The second-order valence-corrected chi connectivity index (χ2v) is 7.02. The number of hydrogen-bond donors (Lipinski definition) is 2. The molecule has 0 atom stereocenters. The molecule has 0 aromatic heterocycles. The van der Waals surface area contributed by atoms with Crippen molar-refractivity contribution in [1.29, 1.82) is 0 Å². The van der Waals surface area contributed by atoms with Gasteiger partial charge in [0.1, 0.15) is 5.75 Å². The average molecular weight is 396 g/mol. The third-order valence-electron chi connectivity index (χ3n) is 4.87. The maximum Gasteiger partial charge on any atom is 0.307 e. The van der Waals surface area contributed by atoms with Gasteiger partial charge in [-0.3, -0.25) is 14.4 Å². The smallest absolute Gasteiger partial charge is 0.307 e. The Morgan fingerprint density at radius 3 is 2.45 bits per heavy atom. The minimum atomic E-state index is -0.915. The van der Waals surface area contributed by atoms with E-state index in [2.05, 4.69) is 5.32 Å². The molecule has 7 nitrogen and oxygen atoms in total. The fourth-order valence-electron chi connectivity index (χ4n) is 3.32. The number of amides is 2. The van der Waals surface area contributed by atoms with Crippen LogP contribution in [0.25, 0.3) is 0 Å². The van der Waals surface area contributed by atoms with Crippen molar-refractivity contribution >= 4 is 23.5 Å². The van der Waals surface area contributed by atoms with E-state index in [4.69, 9.17) is 9.84 Å². The van der Waals surface area contributed by atoms with Crippen molar-refractivity contribution in [3.63, 3.8) is 0 Å². The van der Waals surface area contributed by atoms with Crippen molar-refractivity contribution in [3.05, 3.63) is 60.2 Å². The normalized spacial score (nSPS) is 14.3. The lowest BCUT2D eigenvalue weighted by Gasteiger charge is -2.31. The van der Waals surface area contributed by atoms with E-state index in [9.17, 15) is 14.4 Å². The fraction of sp³-hybridized carbons (Fsp3) is 0.318. The molecule has 2 N–H and O–H groups in total. The standard InChI is InChI=1S/C22H24N2O5/c25-20(15-29-19-7-2-1-3-8-19)24-11-9-17(10-12-24)22(28)23-18-6-4-5-16(13-18)14-21(26)27/h1-8,13,17H,9-12,14-15H2,(H,23,28)(H,26,27). The number of hydrogen-bond acceptors (Lipinski definition) is 4. The van der Waals surface area contributed by atoms with E-state index in [0.29, 0.717) is 42.9 Å². The Morgan fingerprint density at radius 2 is 1.76 bits per heavy atom. The summed E-state index contributed by atoms with van der Waals surface area (Å²) in [5.74, 6) is -0.640. The molecule has 2 aromatic carbocycles. The van der Waals surface area contributed by atoms with Gasteiger partial charge in [-0.25, -0.2) is 0 Å². The number of nitrogens with one attached hydrogen (secondary N) is 1. The fourth-order valence-corrected chi connectivity index (χ4v) is 3.32. The number of ether oxygens (including phenoxy) is 1. The molecule has 2 aromatic rings. The topological polar surface area (TPSA) is 95.9 Å². The summed E-state index contributed by atoms with van der Waals surface area (Å²) in [5.41, 5.74) is 1.22. The lowest BCUT2D eigenvalue weighted by Crippen LogP contribution is -2.43. The molecule has 0 spiro atoms. The van der Waals surface area contributed by atoms with E-state index < -0.39 is 5.97 Å².